The number of carbonyl (C=O) groups excluding carboxylic acids is 2. The molecule has 0 unspecified atom stereocenters. The summed E-state index contributed by atoms with van der Waals surface area (Å²) in [6.07, 6.45) is 2.77. The van der Waals surface area contributed by atoms with Gasteiger partial charge in [0.05, 0.1) is 22.1 Å². The van der Waals surface area contributed by atoms with Gasteiger partial charge in [0.15, 0.2) is 0 Å². The van der Waals surface area contributed by atoms with E-state index in [1.807, 2.05) is 19.1 Å². The lowest BCUT2D eigenvalue weighted by molar-refractivity contribution is -0.120. The monoisotopic (exact) mass is 359 g/mol. The number of nitrogens with zero attached hydrogens (tertiary/aromatic N) is 2. The topological polar surface area (TPSA) is 61.8 Å². The average molecular weight is 360 g/mol. The maximum Gasteiger partial charge on any atom is 0.221 e. The second kappa shape index (κ2) is 8.12. The van der Waals surface area contributed by atoms with Gasteiger partial charge in [-0.1, -0.05) is 11.6 Å². The molecular formula is C19H22ClN3O2. The van der Waals surface area contributed by atoms with E-state index in [0.717, 1.165) is 30.0 Å². The highest BCUT2D eigenvalue weighted by Crippen LogP contribution is 2.27. The molecule has 1 aliphatic carbocycles. The van der Waals surface area contributed by atoms with Crippen molar-refractivity contribution < 1.29 is 9.59 Å². The van der Waals surface area contributed by atoms with Crippen molar-refractivity contribution in [2.75, 3.05) is 18.0 Å². The van der Waals surface area contributed by atoms with E-state index in [2.05, 4.69) is 35.1 Å². The molecule has 0 saturated heterocycles. The van der Waals surface area contributed by atoms with E-state index in [0.29, 0.717) is 5.71 Å². The number of hydrogen-bond donors (Lipinski definition) is 1. The molecule has 2 rings (SSSR count). The third kappa shape index (κ3) is 4.57. The molecule has 1 aromatic rings. The van der Waals surface area contributed by atoms with Crippen LogP contribution in [-0.4, -0.2) is 30.5 Å². The van der Waals surface area contributed by atoms with Crippen molar-refractivity contribution in [2.24, 2.45) is 4.99 Å². The summed E-state index contributed by atoms with van der Waals surface area (Å²) in [6.45, 7) is 9.43. The standard InChI is InChI=1S/C19H22ClN3O2/c1-5-23(6-2)14-7-8-16(12(3)9-14)22-17-11-18(21-13(4)24)19(25)10-15(17)20/h7-11H,5-6H2,1-4H3,(H,21,24). The molecule has 0 aliphatic heterocycles. The Labute approximate surface area is 153 Å². The Morgan fingerprint density at radius 2 is 1.92 bits per heavy atom. The fourth-order valence-corrected chi connectivity index (χ4v) is 2.79. The number of hydrogen-bond acceptors (Lipinski definition) is 4. The molecule has 1 N–H and O–H groups in total. The van der Waals surface area contributed by atoms with Crippen LogP contribution in [0.4, 0.5) is 11.4 Å². The van der Waals surface area contributed by atoms with Crippen LogP contribution in [0.3, 0.4) is 0 Å². The van der Waals surface area contributed by atoms with Gasteiger partial charge in [-0.25, -0.2) is 4.99 Å². The number of ketones is 1. The summed E-state index contributed by atoms with van der Waals surface area (Å²) in [5.41, 5.74) is 3.54. The van der Waals surface area contributed by atoms with Crippen LogP contribution in [0.15, 0.2) is 46.1 Å². The lowest BCUT2D eigenvalue weighted by Crippen LogP contribution is -2.27. The number of anilines is 1. The first-order valence-electron chi connectivity index (χ1n) is 8.21. The van der Waals surface area contributed by atoms with Gasteiger partial charge in [-0.15, -0.1) is 0 Å². The number of aryl methyl sites for hydroxylation is 1. The highest BCUT2D eigenvalue weighted by atomic mass is 35.5. The van der Waals surface area contributed by atoms with E-state index in [1.54, 1.807) is 0 Å². The molecule has 0 radical (unpaired) electrons. The molecule has 0 atom stereocenters. The molecule has 0 aromatic heterocycles. The minimum atomic E-state index is -0.340. The Balaban J connectivity index is 2.38. The van der Waals surface area contributed by atoms with Gasteiger partial charge in [0.25, 0.3) is 0 Å². The highest BCUT2D eigenvalue weighted by Gasteiger charge is 2.19. The first-order valence-corrected chi connectivity index (χ1v) is 8.59. The Hall–Kier alpha value is -2.40. The fourth-order valence-electron chi connectivity index (χ4n) is 2.60. The van der Waals surface area contributed by atoms with Crippen LogP contribution in [0.2, 0.25) is 0 Å². The maximum absolute atomic E-state index is 11.9. The third-order valence-corrected chi connectivity index (χ3v) is 4.21. The molecule has 1 amide bonds. The summed E-state index contributed by atoms with van der Waals surface area (Å²) in [4.78, 5) is 29.9. The first kappa shape index (κ1) is 18.9. The Kier molecular flexibility index (Phi) is 6.15. The minimum Gasteiger partial charge on any atom is -0.372 e. The lowest BCUT2D eigenvalue weighted by Gasteiger charge is -2.21. The van der Waals surface area contributed by atoms with Crippen LogP contribution in [0.25, 0.3) is 0 Å². The summed E-state index contributed by atoms with van der Waals surface area (Å²) in [5.74, 6) is -0.655. The second-order valence-electron chi connectivity index (χ2n) is 5.74. The van der Waals surface area contributed by atoms with Gasteiger partial charge in [0, 0.05) is 31.8 Å². The summed E-state index contributed by atoms with van der Waals surface area (Å²) < 4.78 is 0. The maximum atomic E-state index is 11.9. The molecule has 0 spiro atoms. The van der Waals surface area contributed by atoms with Crippen molar-refractivity contribution in [1.29, 1.82) is 0 Å². The molecular weight excluding hydrogens is 338 g/mol. The number of rotatable bonds is 5. The van der Waals surface area contributed by atoms with Crippen molar-refractivity contribution in [3.8, 4) is 0 Å². The van der Waals surface area contributed by atoms with E-state index in [-0.39, 0.29) is 22.4 Å². The average Bonchev–Trinajstić information content (AvgIpc) is 2.55. The molecule has 1 aromatic carbocycles. The number of nitrogens with one attached hydrogen (secondary N) is 1. The van der Waals surface area contributed by atoms with E-state index >= 15 is 0 Å². The Bertz CT molecular complexity index is 790. The minimum absolute atomic E-state index is 0.174. The first-order chi connectivity index (χ1) is 11.8. The Morgan fingerprint density at radius 1 is 1.24 bits per heavy atom. The van der Waals surface area contributed by atoms with Crippen LogP contribution < -0.4 is 10.2 Å². The third-order valence-electron chi connectivity index (χ3n) is 3.91. The van der Waals surface area contributed by atoms with Crippen LogP contribution >= 0.6 is 11.6 Å². The lowest BCUT2D eigenvalue weighted by atomic mass is 10.1. The zero-order valence-corrected chi connectivity index (χ0v) is 15.6. The van der Waals surface area contributed by atoms with Crippen molar-refractivity contribution in [3.05, 3.63) is 46.6 Å². The molecule has 0 bridgehead atoms. The number of aliphatic imine (C=N–C) groups is 1. The van der Waals surface area contributed by atoms with Gasteiger partial charge in [0.2, 0.25) is 11.7 Å². The number of carbonyl (C=O) groups is 2. The normalized spacial score (nSPS) is 15.7. The van der Waals surface area contributed by atoms with E-state index in [1.165, 1.54) is 19.1 Å². The highest BCUT2D eigenvalue weighted by molar-refractivity contribution is 6.48. The molecule has 6 heteroatoms. The molecule has 0 fully saturated rings. The molecule has 132 valence electrons. The number of amides is 1. The van der Waals surface area contributed by atoms with Gasteiger partial charge in [-0.3, -0.25) is 9.59 Å². The quantitative estimate of drug-likeness (QED) is 0.816. The fraction of sp³-hybridized carbons (Fsp3) is 0.316. The zero-order chi connectivity index (χ0) is 18.6. The molecule has 5 nitrogen and oxygen atoms in total. The van der Waals surface area contributed by atoms with Gasteiger partial charge < -0.3 is 10.2 Å². The molecule has 1 aliphatic rings. The summed E-state index contributed by atoms with van der Waals surface area (Å²) >= 11 is 6.15. The van der Waals surface area contributed by atoms with Gasteiger partial charge >= 0.3 is 0 Å². The molecule has 0 saturated carbocycles. The Morgan fingerprint density at radius 3 is 2.48 bits per heavy atom. The van der Waals surface area contributed by atoms with Crippen LogP contribution in [0, 0.1) is 6.92 Å². The predicted molar refractivity (Wildman–Crippen MR) is 103 cm³/mol. The smallest absolute Gasteiger partial charge is 0.221 e. The zero-order valence-electron chi connectivity index (χ0n) is 14.9. The number of allylic oxidation sites excluding steroid dienone is 3. The van der Waals surface area contributed by atoms with Crippen molar-refractivity contribution in [3.63, 3.8) is 0 Å². The van der Waals surface area contributed by atoms with E-state index < -0.39 is 0 Å². The summed E-state index contributed by atoms with van der Waals surface area (Å²) in [7, 11) is 0. The summed E-state index contributed by atoms with van der Waals surface area (Å²) in [5, 5.41) is 2.76. The summed E-state index contributed by atoms with van der Waals surface area (Å²) in [6, 6.07) is 6.03. The van der Waals surface area contributed by atoms with Gasteiger partial charge in [0.1, 0.15) is 0 Å². The predicted octanol–water partition coefficient (Wildman–Crippen LogP) is 3.64. The number of halogens is 1. The van der Waals surface area contributed by atoms with E-state index in [4.69, 9.17) is 11.6 Å². The SMILES string of the molecule is CCN(CC)c1ccc(N=C2C=C(NC(C)=O)C(=O)C=C2Cl)c(C)c1. The number of benzene rings is 1. The van der Waals surface area contributed by atoms with Crippen molar-refractivity contribution in [1.82, 2.24) is 5.32 Å². The molecule has 25 heavy (non-hydrogen) atoms. The van der Waals surface area contributed by atoms with Gasteiger partial charge in [-0.05, 0) is 50.6 Å². The van der Waals surface area contributed by atoms with Crippen molar-refractivity contribution in [2.45, 2.75) is 27.7 Å². The molecule has 0 heterocycles. The van der Waals surface area contributed by atoms with Crippen LogP contribution in [-0.2, 0) is 9.59 Å². The largest absolute Gasteiger partial charge is 0.372 e. The van der Waals surface area contributed by atoms with E-state index in [9.17, 15) is 9.59 Å². The van der Waals surface area contributed by atoms with Crippen molar-refractivity contribution >= 4 is 40.4 Å². The van der Waals surface area contributed by atoms with Gasteiger partial charge in [-0.2, -0.15) is 0 Å². The van der Waals surface area contributed by atoms with Crippen LogP contribution in [0.1, 0.15) is 26.3 Å². The van der Waals surface area contributed by atoms with Crippen LogP contribution in [0.5, 0.6) is 0 Å². The second-order valence-corrected chi connectivity index (χ2v) is 6.14.